The molecule has 4 nitrogen and oxygen atoms in total. The van der Waals surface area contributed by atoms with E-state index in [2.05, 4.69) is 0 Å². The molecule has 0 radical (unpaired) electrons. The molecular weight excluding hydrogens is 366 g/mol. The SMILES string of the molecule is O=P(O)(Cc1cccc(CP(=O)(O)c2ccccc2)c1)c1ccccc1. The minimum atomic E-state index is -3.53. The van der Waals surface area contributed by atoms with E-state index in [-0.39, 0.29) is 12.3 Å². The van der Waals surface area contributed by atoms with Crippen molar-refractivity contribution >= 4 is 25.3 Å². The molecule has 2 atom stereocenters. The second-order valence-electron chi connectivity index (χ2n) is 6.21. The fraction of sp³-hybridized carbons (Fsp3) is 0.100. The minimum absolute atomic E-state index is 0.00802. The van der Waals surface area contributed by atoms with Crippen LogP contribution in [0.15, 0.2) is 84.9 Å². The van der Waals surface area contributed by atoms with Gasteiger partial charge in [-0.25, -0.2) is 0 Å². The van der Waals surface area contributed by atoms with Crippen LogP contribution in [0, 0.1) is 0 Å². The Kier molecular flexibility index (Phi) is 5.60. The molecule has 0 saturated carbocycles. The van der Waals surface area contributed by atoms with Gasteiger partial charge < -0.3 is 9.79 Å². The summed E-state index contributed by atoms with van der Waals surface area (Å²) < 4.78 is 25.3. The molecule has 3 rings (SSSR count). The number of benzene rings is 3. The van der Waals surface area contributed by atoms with Crippen LogP contribution < -0.4 is 10.6 Å². The van der Waals surface area contributed by atoms with Crippen molar-refractivity contribution in [2.45, 2.75) is 12.3 Å². The third-order valence-electron chi connectivity index (χ3n) is 4.10. The lowest BCUT2D eigenvalue weighted by molar-refractivity contribution is 0.488. The summed E-state index contributed by atoms with van der Waals surface area (Å²) in [6.45, 7) is 0. The normalized spacial score (nSPS) is 15.8. The zero-order valence-electron chi connectivity index (χ0n) is 14.1. The number of rotatable bonds is 6. The highest BCUT2D eigenvalue weighted by molar-refractivity contribution is 7.65. The highest BCUT2D eigenvalue weighted by atomic mass is 31.2. The molecule has 3 aromatic rings. The Morgan fingerprint density at radius 1 is 0.577 bits per heavy atom. The van der Waals surface area contributed by atoms with Gasteiger partial charge in [-0.15, -0.1) is 0 Å². The van der Waals surface area contributed by atoms with Crippen LogP contribution in [-0.4, -0.2) is 9.79 Å². The molecule has 0 aliphatic carbocycles. The fourth-order valence-corrected chi connectivity index (χ4v) is 5.85. The monoisotopic (exact) mass is 386 g/mol. The van der Waals surface area contributed by atoms with Crippen LogP contribution >= 0.6 is 14.7 Å². The third kappa shape index (κ3) is 4.60. The van der Waals surface area contributed by atoms with Crippen LogP contribution in [0.25, 0.3) is 0 Å². The van der Waals surface area contributed by atoms with E-state index >= 15 is 0 Å². The molecule has 0 fully saturated rings. The van der Waals surface area contributed by atoms with Crippen molar-refractivity contribution in [3.63, 3.8) is 0 Å². The summed E-state index contributed by atoms with van der Waals surface area (Å²) >= 11 is 0. The van der Waals surface area contributed by atoms with Crippen LogP contribution in [0.3, 0.4) is 0 Å². The highest BCUT2D eigenvalue weighted by Crippen LogP contribution is 2.45. The molecule has 0 aliphatic heterocycles. The fourth-order valence-electron chi connectivity index (χ4n) is 2.83. The summed E-state index contributed by atoms with van der Waals surface area (Å²) in [6.07, 6.45) is -0.0160. The van der Waals surface area contributed by atoms with Crippen molar-refractivity contribution in [3.05, 3.63) is 96.1 Å². The summed E-state index contributed by atoms with van der Waals surface area (Å²) in [6, 6.07) is 24.1. The predicted molar refractivity (Wildman–Crippen MR) is 106 cm³/mol. The van der Waals surface area contributed by atoms with E-state index in [1.807, 2.05) is 0 Å². The van der Waals surface area contributed by atoms with E-state index in [0.717, 1.165) is 0 Å². The first-order valence-corrected chi connectivity index (χ1v) is 11.9. The molecule has 26 heavy (non-hydrogen) atoms. The van der Waals surface area contributed by atoms with Crippen molar-refractivity contribution in [2.75, 3.05) is 0 Å². The first kappa shape index (κ1) is 18.8. The Morgan fingerprint density at radius 2 is 0.962 bits per heavy atom. The highest BCUT2D eigenvalue weighted by Gasteiger charge is 2.24. The van der Waals surface area contributed by atoms with Crippen molar-refractivity contribution in [2.24, 2.45) is 0 Å². The van der Waals surface area contributed by atoms with Gasteiger partial charge in [0, 0.05) is 10.6 Å². The van der Waals surface area contributed by atoms with Crippen molar-refractivity contribution in [1.29, 1.82) is 0 Å². The summed E-state index contributed by atoms with van der Waals surface area (Å²) in [5.41, 5.74) is 1.34. The lowest BCUT2D eigenvalue weighted by Crippen LogP contribution is -2.07. The van der Waals surface area contributed by atoms with Gasteiger partial charge >= 0.3 is 0 Å². The van der Waals surface area contributed by atoms with E-state index in [1.165, 1.54) is 0 Å². The molecule has 0 spiro atoms. The van der Waals surface area contributed by atoms with Crippen molar-refractivity contribution in [1.82, 2.24) is 0 Å². The molecule has 0 aliphatic rings. The third-order valence-corrected chi connectivity index (χ3v) is 7.90. The maximum Gasteiger partial charge on any atom is 0.233 e. The van der Waals surface area contributed by atoms with E-state index in [4.69, 9.17) is 0 Å². The summed E-state index contributed by atoms with van der Waals surface area (Å²) in [4.78, 5) is 20.8. The van der Waals surface area contributed by atoms with Gasteiger partial charge in [-0.1, -0.05) is 60.7 Å². The standard InChI is InChI=1S/C20H20O4P2/c21-25(22,19-10-3-1-4-11-19)15-17-8-7-9-18(14-17)16-26(23,24)20-12-5-2-6-13-20/h1-14H,15-16H2,(H,21,22)(H,23,24). The van der Waals surface area contributed by atoms with Crippen LogP contribution in [0.1, 0.15) is 11.1 Å². The molecule has 0 bridgehead atoms. The quantitative estimate of drug-likeness (QED) is 0.631. The van der Waals surface area contributed by atoms with Gasteiger partial charge in [0.2, 0.25) is 14.7 Å². The number of hydrogen-bond donors (Lipinski definition) is 2. The molecule has 0 amide bonds. The summed E-state index contributed by atoms with van der Waals surface area (Å²) in [5.74, 6) is 0. The largest absolute Gasteiger partial charge is 0.341 e. The second kappa shape index (κ2) is 7.73. The topological polar surface area (TPSA) is 74.6 Å². The smallest absolute Gasteiger partial charge is 0.233 e. The van der Waals surface area contributed by atoms with Gasteiger partial charge in [-0.2, -0.15) is 0 Å². The van der Waals surface area contributed by atoms with Gasteiger partial charge in [-0.05, 0) is 35.4 Å². The van der Waals surface area contributed by atoms with Crippen molar-refractivity contribution < 1.29 is 18.9 Å². The lowest BCUT2D eigenvalue weighted by Gasteiger charge is -2.14. The first-order chi connectivity index (χ1) is 12.4. The number of hydrogen-bond acceptors (Lipinski definition) is 2. The Hall–Kier alpha value is -1.96. The Morgan fingerprint density at radius 3 is 1.35 bits per heavy atom. The van der Waals surface area contributed by atoms with Crippen LogP contribution in [0.4, 0.5) is 0 Å². The molecule has 3 aromatic carbocycles. The molecule has 0 aromatic heterocycles. The Balaban J connectivity index is 1.81. The second-order valence-corrected chi connectivity index (χ2v) is 10.7. The molecule has 134 valence electrons. The average Bonchev–Trinajstić information content (AvgIpc) is 2.63. The Labute approximate surface area is 153 Å². The molecular formula is C20H20O4P2. The van der Waals surface area contributed by atoms with Gasteiger partial charge in [-0.3, -0.25) is 9.13 Å². The minimum Gasteiger partial charge on any atom is -0.341 e. The van der Waals surface area contributed by atoms with E-state index < -0.39 is 14.7 Å². The van der Waals surface area contributed by atoms with Crippen LogP contribution in [0.2, 0.25) is 0 Å². The van der Waals surface area contributed by atoms with E-state index in [0.29, 0.717) is 21.7 Å². The van der Waals surface area contributed by atoms with E-state index in [1.54, 1.807) is 84.9 Å². The van der Waals surface area contributed by atoms with Crippen molar-refractivity contribution in [3.8, 4) is 0 Å². The maximum atomic E-state index is 12.7. The lowest BCUT2D eigenvalue weighted by atomic mass is 10.2. The molecule has 2 N–H and O–H groups in total. The zero-order valence-corrected chi connectivity index (χ0v) is 15.9. The van der Waals surface area contributed by atoms with Gasteiger partial charge in [0.15, 0.2) is 0 Å². The molecule has 6 heteroatoms. The summed E-state index contributed by atoms with van der Waals surface area (Å²) in [7, 11) is -7.05. The average molecular weight is 386 g/mol. The van der Waals surface area contributed by atoms with Crippen LogP contribution in [-0.2, 0) is 21.5 Å². The molecule has 0 saturated heterocycles. The first-order valence-electron chi connectivity index (χ1n) is 8.19. The van der Waals surface area contributed by atoms with Gasteiger partial charge in [0.1, 0.15) is 0 Å². The van der Waals surface area contributed by atoms with Crippen LogP contribution in [0.5, 0.6) is 0 Å². The molecule has 0 heterocycles. The van der Waals surface area contributed by atoms with Gasteiger partial charge in [0.05, 0.1) is 12.3 Å². The molecule has 2 unspecified atom stereocenters. The van der Waals surface area contributed by atoms with E-state index in [9.17, 15) is 18.9 Å². The summed E-state index contributed by atoms with van der Waals surface area (Å²) in [5, 5.41) is 0.810. The zero-order chi connectivity index (χ0) is 18.6. The Bertz CT molecular complexity index is 895. The predicted octanol–water partition coefficient (Wildman–Crippen LogP) is 3.88. The maximum absolute atomic E-state index is 12.7. The van der Waals surface area contributed by atoms with Gasteiger partial charge in [0.25, 0.3) is 0 Å².